The Balaban J connectivity index is 2.33. The molecule has 1 aliphatic heterocycles. The van der Waals surface area contributed by atoms with Crippen LogP contribution in [-0.4, -0.2) is 37.1 Å². The van der Waals surface area contributed by atoms with E-state index in [0.717, 1.165) is 6.42 Å². The van der Waals surface area contributed by atoms with Crippen LogP contribution in [0.25, 0.3) is 0 Å². The van der Waals surface area contributed by atoms with Gasteiger partial charge in [-0.3, -0.25) is 4.79 Å². The van der Waals surface area contributed by atoms with Crippen LogP contribution in [0.15, 0.2) is 0 Å². The fraction of sp³-hybridized carbons (Fsp3) is 0.917. The molecule has 0 radical (unpaired) electrons. The standard InChI is InChI=1S/C12H23NO4/c1-12(2,3)17-11(14)7-10-6-9(4-5-13)15-8-16-10/h9-10H,4-8,13H2,1-3H3/t9-,10-/m1/s1. The van der Waals surface area contributed by atoms with Gasteiger partial charge >= 0.3 is 5.97 Å². The maximum Gasteiger partial charge on any atom is 0.308 e. The Hall–Kier alpha value is -0.650. The molecule has 5 nitrogen and oxygen atoms in total. The Bertz CT molecular complexity index is 247. The van der Waals surface area contributed by atoms with Gasteiger partial charge in [-0.15, -0.1) is 0 Å². The maximum absolute atomic E-state index is 11.6. The molecule has 0 amide bonds. The predicted octanol–water partition coefficient (Wildman–Crippen LogP) is 1.20. The van der Waals surface area contributed by atoms with Crippen LogP contribution in [-0.2, 0) is 19.0 Å². The first-order valence-corrected chi connectivity index (χ1v) is 6.06. The molecule has 0 aliphatic carbocycles. The molecule has 0 bridgehead atoms. The summed E-state index contributed by atoms with van der Waals surface area (Å²) in [4.78, 5) is 11.6. The third-order valence-corrected chi connectivity index (χ3v) is 2.44. The second kappa shape index (κ2) is 6.33. The molecule has 1 aliphatic rings. The van der Waals surface area contributed by atoms with Crippen molar-refractivity contribution in [2.45, 2.75) is 57.8 Å². The fourth-order valence-corrected chi connectivity index (χ4v) is 1.76. The quantitative estimate of drug-likeness (QED) is 0.753. The van der Waals surface area contributed by atoms with Crippen LogP contribution in [0.5, 0.6) is 0 Å². The molecule has 100 valence electrons. The number of nitrogens with two attached hydrogens (primary N) is 1. The molecule has 17 heavy (non-hydrogen) atoms. The SMILES string of the molecule is CC(C)(C)OC(=O)C[C@H]1C[C@@H](CCN)OCO1. The second-order valence-electron chi connectivity index (χ2n) is 5.30. The van der Waals surface area contributed by atoms with E-state index in [4.69, 9.17) is 19.9 Å². The minimum atomic E-state index is -0.446. The van der Waals surface area contributed by atoms with Gasteiger partial charge in [0.2, 0.25) is 0 Å². The van der Waals surface area contributed by atoms with Gasteiger partial charge in [0, 0.05) is 6.42 Å². The van der Waals surface area contributed by atoms with E-state index in [1.54, 1.807) is 0 Å². The molecular weight excluding hydrogens is 222 g/mol. The molecule has 0 aromatic carbocycles. The van der Waals surface area contributed by atoms with Crippen molar-refractivity contribution >= 4 is 5.97 Å². The summed E-state index contributed by atoms with van der Waals surface area (Å²) in [6, 6.07) is 0. The highest BCUT2D eigenvalue weighted by atomic mass is 16.7. The Labute approximate surface area is 103 Å². The van der Waals surface area contributed by atoms with E-state index in [1.807, 2.05) is 20.8 Å². The van der Waals surface area contributed by atoms with Crippen molar-refractivity contribution in [1.82, 2.24) is 0 Å². The van der Waals surface area contributed by atoms with E-state index >= 15 is 0 Å². The summed E-state index contributed by atoms with van der Waals surface area (Å²) in [7, 11) is 0. The molecule has 1 saturated heterocycles. The first-order chi connectivity index (χ1) is 7.90. The topological polar surface area (TPSA) is 70.8 Å². The highest BCUT2D eigenvalue weighted by molar-refractivity contribution is 5.70. The Kier molecular flexibility index (Phi) is 5.36. The minimum Gasteiger partial charge on any atom is -0.460 e. The average molecular weight is 245 g/mol. The number of hydrogen-bond donors (Lipinski definition) is 1. The number of ether oxygens (including phenoxy) is 3. The third kappa shape index (κ3) is 6.00. The summed E-state index contributed by atoms with van der Waals surface area (Å²) < 4.78 is 16.0. The molecule has 1 fully saturated rings. The van der Waals surface area contributed by atoms with Crippen LogP contribution in [0.2, 0.25) is 0 Å². The Morgan fingerprint density at radius 3 is 2.59 bits per heavy atom. The summed E-state index contributed by atoms with van der Waals surface area (Å²) in [5.74, 6) is -0.226. The molecule has 2 atom stereocenters. The molecular formula is C12H23NO4. The van der Waals surface area contributed by atoms with Crippen LogP contribution in [0, 0.1) is 0 Å². The van der Waals surface area contributed by atoms with Gasteiger partial charge in [-0.25, -0.2) is 0 Å². The van der Waals surface area contributed by atoms with Gasteiger partial charge in [0.25, 0.3) is 0 Å². The lowest BCUT2D eigenvalue weighted by atomic mass is 10.1. The van der Waals surface area contributed by atoms with E-state index in [9.17, 15) is 4.79 Å². The summed E-state index contributed by atoms with van der Waals surface area (Å²) >= 11 is 0. The largest absolute Gasteiger partial charge is 0.460 e. The molecule has 0 unspecified atom stereocenters. The maximum atomic E-state index is 11.6. The first-order valence-electron chi connectivity index (χ1n) is 6.06. The molecule has 0 aromatic heterocycles. The molecule has 5 heteroatoms. The van der Waals surface area contributed by atoms with Crippen LogP contribution in [0.1, 0.15) is 40.0 Å². The van der Waals surface area contributed by atoms with E-state index in [1.165, 1.54) is 0 Å². The molecule has 1 rings (SSSR count). The van der Waals surface area contributed by atoms with Crippen molar-refractivity contribution in [3.05, 3.63) is 0 Å². The average Bonchev–Trinajstić information content (AvgIpc) is 2.15. The number of carbonyl (C=O) groups excluding carboxylic acids is 1. The molecule has 2 N–H and O–H groups in total. The van der Waals surface area contributed by atoms with E-state index in [0.29, 0.717) is 13.0 Å². The third-order valence-electron chi connectivity index (χ3n) is 2.44. The lowest BCUT2D eigenvalue weighted by Gasteiger charge is -2.30. The van der Waals surface area contributed by atoms with Gasteiger partial charge in [0.05, 0.1) is 18.6 Å². The zero-order valence-electron chi connectivity index (χ0n) is 10.9. The van der Waals surface area contributed by atoms with Crippen LogP contribution in [0.4, 0.5) is 0 Å². The molecule has 0 aromatic rings. The summed E-state index contributed by atoms with van der Waals surface area (Å²) in [6.07, 6.45) is 1.77. The summed E-state index contributed by atoms with van der Waals surface area (Å²) in [5, 5.41) is 0. The zero-order chi connectivity index (χ0) is 12.9. The summed E-state index contributed by atoms with van der Waals surface area (Å²) in [5.41, 5.74) is 5.03. The smallest absolute Gasteiger partial charge is 0.308 e. The van der Waals surface area contributed by atoms with Gasteiger partial charge in [0.15, 0.2) is 0 Å². The zero-order valence-corrected chi connectivity index (χ0v) is 10.9. The van der Waals surface area contributed by atoms with Gasteiger partial charge in [0.1, 0.15) is 12.4 Å². The summed E-state index contributed by atoms with van der Waals surface area (Å²) in [6.45, 7) is 6.38. The van der Waals surface area contributed by atoms with Crippen molar-refractivity contribution in [3.8, 4) is 0 Å². The molecule has 0 spiro atoms. The number of esters is 1. The van der Waals surface area contributed by atoms with Crippen molar-refractivity contribution in [1.29, 1.82) is 0 Å². The van der Waals surface area contributed by atoms with Crippen molar-refractivity contribution in [2.75, 3.05) is 13.3 Å². The second-order valence-corrected chi connectivity index (χ2v) is 5.30. The number of hydrogen-bond acceptors (Lipinski definition) is 5. The highest BCUT2D eigenvalue weighted by Crippen LogP contribution is 2.19. The minimum absolute atomic E-state index is 0.0983. The fourth-order valence-electron chi connectivity index (χ4n) is 1.76. The predicted molar refractivity (Wildman–Crippen MR) is 63.4 cm³/mol. The van der Waals surface area contributed by atoms with Crippen LogP contribution < -0.4 is 5.73 Å². The van der Waals surface area contributed by atoms with Gasteiger partial charge in [-0.05, 0) is 33.7 Å². The monoisotopic (exact) mass is 245 g/mol. The normalized spacial score (nSPS) is 25.6. The van der Waals surface area contributed by atoms with E-state index in [-0.39, 0.29) is 31.4 Å². The molecule has 0 saturated carbocycles. The van der Waals surface area contributed by atoms with E-state index < -0.39 is 5.60 Å². The first kappa shape index (κ1) is 14.4. The number of rotatable bonds is 4. The van der Waals surface area contributed by atoms with Crippen molar-refractivity contribution in [2.24, 2.45) is 5.73 Å². The van der Waals surface area contributed by atoms with Crippen LogP contribution >= 0.6 is 0 Å². The van der Waals surface area contributed by atoms with Gasteiger partial charge in [-0.1, -0.05) is 0 Å². The van der Waals surface area contributed by atoms with Crippen LogP contribution in [0.3, 0.4) is 0 Å². The number of carbonyl (C=O) groups is 1. The van der Waals surface area contributed by atoms with Gasteiger partial charge in [-0.2, -0.15) is 0 Å². The lowest BCUT2D eigenvalue weighted by Crippen LogP contribution is -2.35. The Morgan fingerprint density at radius 1 is 1.35 bits per heavy atom. The van der Waals surface area contributed by atoms with Gasteiger partial charge < -0.3 is 19.9 Å². The molecule has 1 heterocycles. The Morgan fingerprint density at radius 2 is 2.00 bits per heavy atom. The van der Waals surface area contributed by atoms with Crippen molar-refractivity contribution < 1.29 is 19.0 Å². The highest BCUT2D eigenvalue weighted by Gasteiger charge is 2.27. The van der Waals surface area contributed by atoms with Crippen molar-refractivity contribution in [3.63, 3.8) is 0 Å². The lowest BCUT2D eigenvalue weighted by molar-refractivity contribution is -0.187. The van der Waals surface area contributed by atoms with E-state index in [2.05, 4.69) is 0 Å².